The lowest BCUT2D eigenvalue weighted by atomic mass is 10.0. The van der Waals surface area contributed by atoms with Crippen LogP contribution in [-0.4, -0.2) is 80.1 Å². The zero-order chi connectivity index (χ0) is 34.0. The first-order valence-electron chi connectivity index (χ1n) is 15.6. The molecule has 3 aromatic carbocycles. The zero-order valence-corrected chi connectivity index (χ0v) is 28.7. The molecule has 0 aliphatic carbocycles. The minimum absolute atomic E-state index is 0.0182. The number of hydrogen-bond acceptors (Lipinski definition) is 10. The molecule has 252 valence electrons. The fourth-order valence-electron chi connectivity index (χ4n) is 5.50. The Bertz CT molecular complexity index is 1680. The Kier molecular flexibility index (Phi) is 11.8. The molecule has 0 spiro atoms. The number of carbonyl (C=O) groups is 2. The third kappa shape index (κ3) is 8.75. The highest BCUT2D eigenvalue weighted by Gasteiger charge is 2.33. The van der Waals surface area contributed by atoms with Crippen molar-refractivity contribution in [1.82, 2.24) is 14.9 Å². The third-order valence-corrected chi connectivity index (χ3v) is 8.75. The number of rotatable bonds is 13. The van der Waals surface area contributed by atoms with Gasteiger partial charge in [0.15, 0.2) is 16.7 Å². The van der Waals surface area contributed by atoms with Gasteiger partial charge in [-0.15, -0.1) is 0 Å². The smallest absolute Gasteiger partial charge is 0.251 e. The van der Waals surface area contributed by atoms with E-state index in [1.54, 1.807) is 37.3 Å². The van der Waals surface area contributed by atoms with Gasteiger partial charge in [0.25, 0.3) is 5.91 Å². The molecule has 1 atom stereocenters. The van der Waals surface area contributed by atoms with Crippen molar-refractivity contribution in [3.8, 4) is 17.2 Å². The van der Waals surface area contributed by atoms with Crippen LogP contribution < -0.4 is 24.4 Å². The number of nitrogens with zero attached hydrogens (tertiary/aromatic N) is 4. The number of carbonyl (C=O) groups excluding carboxylic acids is 2. The molecule has 1 unspecified atom stereocenters. The fraction of sp³-hybridized carbons (Fsp3) is 0.333. The molecule has 4 aromatic rings. The predicted molar refractivity (Wildman–Crippen MR) is 186 cm³/mol. The van der Waals surface area contributed by atoms with E-state index in [0.717, 1.165) is 35.7 Å². The molecule has 12 heteroatoms. The number of aryl methyl sites for hydroxylation is 2. The van der Waals surface area contributed by atoms with Gasteiger partial charge in [-0.3, -0.25) is 9.59 Å². The molecule has 1 aromatic heterocycles. The van der Waals surface area contributed by atoms with E-state index < -0.39 is 6.04 Å². The Morgan fingerprint density at radius 3 is 2.17 bits per heavy atom. The number of amides is 2. The van der Waals surface area contributed by atoms with Gasteiger partial charge in [0.1, 0.15) is 11.8 Å². The van der Waals surface area contributed by atoms with Crippen LogP contribution in [0.4, 0.5) is 11.4 Å². The van der Waals surface area contributed by atoms with Crippen molar-refractivity contribution in [2.45, 2.75) is 31.6 Å². The topological polar surface area (TPSA) is 115 Å². The second-order valence-corrected chi connectivity index (χ2v) is 12.2. The van der Waals surface area contributed by atoms with Crippen LogP contribution in [0.25, 0.3) is 0 Å². The van der Waals surface area contributed by atoms with Crippen LogP contribution in [0.5, 0.6) is 17.2 Å². The van der Waals surface area contributed by atoms with Crippen molar-refractivity contribution >= 4 is 35.0 Å². The van der Waals surface area contributed by atoms with Gasteiger partial charge in [0.2, 0.25) is 5.91 Å². The molecule has 1 saturated heterocycles. The number of aromatic nitrogens is 2. The van der Waals surface area contributed by atoms with Crippen molar-refractivity contribution in [2.75, 3.05) is 63.6 Å². The summed E-state index contributed by atoms with van der Waals surface area (Å²) in [6, 6.07) is 21.2. The van der Waals surface area contributed by atoms with Crippen molar-refractivity contribution < 1.29 is 28.5 Å². The van der Waals surface area contributed by atoms with E-state index in [4.69, 9.17) is 18.9 Å². The molecule has 2 amide bonds. The van der Waals surface area contributed by atoms with Crippen LogP contribution in [0.2, 0.25) is 0 Å². The lowest BCUT2D eigenvalue weighted by Crippen LogP contribution is -2.42. The monoisotopic (exact) mass is 671 g/mol. The fourth-order valence-corrected chi connectivity index (χ4v) is 6.34. The van der Waals surface area contributed by atoms with Gasteiger partial charge in [-0.05, 0) is 79.6 Å². The zero-order valence-electron chi connectivity index (χ0n) is 27.9. The van der Waals surface area contributed by atoms with Crippen LogP contribution in [0.3, 0.4) is 0 Å². The Balaban J connectivity index is 1.50. The van der Waals surface area contributed by atoms with Crippen LogP contribution in [0.1, 0.15) is 28.6 Å². The lowest BCUT2D eigenvalue weighted by molar-refractivity contribution is -0.137. The maximum absolute atomic E-state index is 14.4. The maximum atomic E-state index is 14.4. The number of anilines is 2. The highest BCUT2D eigenvalue weighted by Crippen LogP contribution is 2.34. The van der Waals surface area contributed by atoms with Gasteiger partial charge in [-0.1, -0.05) is 30.0 Å². The number of thioether (sulfide) groups is 1. The first-order chi connectivity index (χ1) is 23.3. The first-order valence-corrected chi connectivity index (χ1v) is 16.6. The summed E-state index contributed by atoms with van der Waals surface area (Å²) in [5.41, 5.74) is 4.67. The summed E-state index contributed by atoms with van der Waals surface area (Å²) in [5, 5.41) is 3.56. The number of nitrogens with one attached hydrogen (secondary N) is 1. The predicted octanol–water partition coefficient (Wildman–Crippen LogP) is 5.46. The van der Waals surface area contributed by atoms with E-state index in [1.165, 1.54) is 18.9 Å². The Morgan fingerprint density at radius 1 is 0.875 bits per heavy atom. The van der Waals surface area contributed by atoms with Crippen molar-refractivity contribution in [3.63, 3.8) is 0 Å². The molecule has 1 aliphatic heterocycles. The quantitative estimate of drug-likeness (QED) is 0.145. The molecule has 0 radical (unpaired) electrons. The van der Waals surface area contributed by atoms with E-state index >= 15 is 0 Å². The highest BCUT2D eigenvalue weighted by molar-refractivity contribution is 7.99. The Hall–Kier alpha value is -4.81. The van der Waals surface area contributed by atoms with Gasteiger partial charge in [0.05, 0.1) is 40.3 Å². The van der Waals surface area contributed by atoms with E-state index in [2.05, 4.69) is 20.2 Å². The summed E-state index contributed by atoms with van der Waals surface area (Å²) in [6.07, 6.45) is 0. The molecular weight excluding hydrogens is 630 g/mol. The van der Waals surface area contributed by atoms with Crippen LogP contribution >= 0.6 is 11.8 Å². The molecule has 1 aliphatic rings. The number of morpholine rings is 1. The van der Waals surface area contributed by atoms with Gasteiger partial charge >= 0.3 is 0 Å². The summed E-state index contributed by atoms with van der Waals surface area (Å²) in [6.45, 7) is 6.90. The second kappa shape index (κ2) is 16.3. The minimum atomic E-state index is -1.03. The largest absolute Gasteiger partial charge is 0.497 e. The molecule has 0 bridgehead atoms. The minimum Gasteiger partial charge on any atom is -0.497 e. The average Bonchev–Trinajstić information content (AvgIpc) is 3.10. The number of benzene rings is 3. The second-order valence-electron chi connectivity index (χ2n) is 11.2. The van der Waals surface area contributed by atoms with E-state index in [-0.39, 0.29) is 24.1 Å². The summed E-state index contributed by atoms with van der Waals surface area (Å²) in [4.78, 5) is 41.5. The summed E-state index contributed by atoms with van der Waals surface area (Å²) in [5.74, 6) is 1.01. The lowest BCUT2D eigenvalue weighted by Gasteiger charge is -2.32. The average molecular weight is 672 g/mol. The van der Waals surface area contributed by atoms with Crippen LogP contribution in [0.15, 0.2) is 78.0 Å². The standard InChI is InChI=1S/C36H41N5O6S/c1-24-20-25(2)38-36(37-24)48-23-33(42)41(22-26-6-13-30(44-3)14-7-26)34(27-8-15-31(45-4)32(21-27)46-5)35(43)39-28-9-11-29(12-10-28)40-16-18-47-19-17-40/h6-15,20-21,34H,16-19,22-23H2,1-5H3,(H,39,43). The van der Waals surface area contributed by atoms with Crippen molar-refractivity contribution in [1.29, 1.82) is 0 Å². The highest BCUT2D eigenvalue weighted by atomic mass is 32.2. The van der Waals surface area contributed by atoms with Crippen molar-refractivity contribution in [3.05, 3.63) is 95.3 Å². The molecule has 5 rings (SSSR count). The van der Waals surface area contributed by atoms with Gasteiger partial charge < -0.3 is 34.1 Å². The molecule has 11 nitrogen and oxygen atoms in total. The van der Waals surface area contributed by atoms with Crippen molar-refractivity contribution in [2.24, 2.45) is 0 Å². The number of methoxy groups -OCH3 is 3. The normalized spacial score (nSPS) is 13.4. The molecule has 0 saturated carbocycles. The summed E-state index contributed by atoms with van der Waals surface area (Å²) >= 11 is 1.24. The molecule has 1 N–H and O–H groups in total. The van der Waals surface area contributed by atoms with Gasteiger partial charge in [-0.2, -0.15) is 0 Å². The van der Waals surface area contributed by atoms with Gasteiger partial charge in [-0.25, -0.2) is 9.97 Å². The van der Waals surface area contributed by atoms with E-state index in [1.807, 2.05) is 68.4 Å². The SMILES string of the molecule is COc1ccc(CN(C(=O)CSc2nc(C)cc(C)n2)C(C(=O)Nc2ccc(N3CCOCC3)cc2)c2ccc(OC)c(OC)c2)cc1. The van der Waals surface area contributed by atoms with E-state index in [9.17, 15) is 9.59 Å². The van der Waals surface area contributed by atoms with Crippen LogP contribution in [-0.2, 0) is 20.9 Å². The molecule has 48 heavy (non-hydrogen) atoms. The molecule has 2 heterocycles. The maximum Gasteiger partial charge on any atom is 0.251 e. The third-order valence-electron chi connectivity index (χ3n) is 7.91. The molecular formula is C36H41N5O6S. The number of ether oxygens (including phenoxy) is 4. The summed E-state index contributed by atoms with van der Waals surface area (Å²) < 4.78 is 21.9. The van der Waals surface area contributed by atoms with Crippen LogP contribution in [0, 0.1) is 13.8 Å². The molecule has 1 fully saturated rings. The first kappa shape index (κ1) is 34.5. The Morgan fingerprint density at radius 2 is 1.54 bits per heavy atom. The van der Waals surface area contributed by atoms with E-state index in [0.29, 0.717) is 46.9 Å². The summed E-state index contributed by atoms with van der Waals surface area (Å²) in [7, 11) is 4.68. The number of hydrogen-bond donors (Lipinski definition) is 1. The Labute approximate surface area is 285 Å². The van der Waals surface area contributed by atoms with Gasteiger partial charge in [0, 0.05) is 42.4 Å².